The molecule has 278 valence electrons. The van der Waals surface area contributed by atoms with E-state index in [1.807, 2.05) is 65.9 Å². The summed E-state index contributed by atoms with van der Waals surface area (Å²) in [6, 6.07) is 60.6. The van der Waals surface area contributed by atoms with Crippen LogP contribution in [-0.4, -0.2) is 15.1 Å². The molecule has 0 saturated heterocycles. The fourth-order valence-electron chi connectivity index (χ4n) is 8.36. The molecule has 0 unspecified atom stereocenters. The molecule has 0 bridgehead atoms. The molecule has 0 atom stereocenters. The van der Waals surface area contributed by atoms with Gasteiger partial charge in [0.1, 0.15) is 5.75 Å². The van der Waals surface area contributed by atoms with Crippen LogP contribution >= 0.6 is 11.3 Å². The average Bonchev–Trinajstić information content (AvgIpc) is 3.73. The van der Waals surface area contributed by atoms with Crippen molar-refractivity contribution in [1.29, 1.82) is 0 Å². The number of aryl methyl sites for hydroxylation is 1. The molecule has 10 rings (SSSR count). The number of fused-ring (bicyclic) bond motifs is 4. The number of aromatic hydroxyl groups is 1. The molecule has 6 aromatic carbocycles. The van der Waals surface area contributed by atoms with Gasteiger partial charge in [0, 0.05) is 69.7 Å². The van der Waals surface area contributed by atoms with Crippen molar-refractivity contribution in [1.82, 2.24) is 9.97 Å². The van der Waals surface area contributed by atoms with E-state index in [1.165, 1.54) is 48.3 Å². The van der Waals surface area contributed by atoms with E-state index in [9.17, 15) is 5.11 Å². The van der Waals surface area contributed by atoms with Crippen molar-refractivity contribution in [3.05, 3.63) is 187 Å². The van der Waals surface area contributed by atoms with E-state index in [1.54, 1.807) is 6.07 Å². The average molecular weight is 933 g/mol. The third-order valence-corrected chi connectivity index (χ3v) is 12.5. The van der Waals surface area contributed by atoms with Crippen LogP contribution in [0, 0.1) is 13.0 Å². The fourth-order valence-corrected chi connectivity index (χ4v) is 9.63. The molecule has 0 spiro atoms. The Balaban J connectivity index is 0.00000422. The number of para-hydroxylation sites is 1. The normalized spacial score (nSPS) is 12.5. The van der Waals surface area contributed by atoms with Crippen molar-refractivity contribution in [2.45, 2.75) is 26.2 Å². The molecule has 3 heterocycles. The molecule has 3 nitrogen and oxygen atoms in total. The molecule has 0 saturated carbocycles. The number of nitrogens with zero attached hydrogens (tertiary/aromatic N) is 2. The SMILES string of the molecule is Cc1cc(-c2sc(-c3ccc4c(c3)C(C)(C)c3ccccc3-4)c3ccccc23)cc(-c2[c-]c(-c3cc(-c4ccccc4)cc(-c4ccccc4O)n3)ccc2)n1.[Pt]. The van der Waals surface area contributed by atoms with Crippen molar-refractivity contribution >= 4 is 22.1 Å². The van der Waals surface area contributed by atoms with Crippen LogP contribution in [0.3, 0.4) is 0 Å². The third kappa shape index (κ3) is 6.44. The number of rotatable bonds is 6. The summed E-state index contributed by atoms with van der Waals surface area (Å²) >= 11 is 1.85. The van der Waals surface area contributed by atoms with Crippen molar-refractivity contribution in [3.63, 3.8) is 0 Å². The fraction of sp³-hybridized carbons (Fsp3) is 0.0769. The Bertz CT molecular complexity index is 2980. The first-order valence-electron chi connectivity index (χ1n) is 19.0. The van der Waals surface area contributed by atoms with Crippen LogP contribution in [0.1, 0.15) is 30.7 Å². The Hall–Kier alpha value is -5.93. The van der Waals surface area contributed by atoms with Gasteiger partial charge in [0.25, 0.3) is 0 Å². The molecule has 9 aromatic rings. The number of pyridine rings is 2. The maximum absolute atomic E-state index is 10.8. The summed E-state index contributed by atoms with van der Waals surface area (Å²) in [4.78, 5) is 12.6. The first-order chi connectivity index (χ1) is 27.3. The smallest absolute Gasteiger partial charge is 0.124 e. The van der Waals surface area contributed by atoms with Crippen LogP contribution in [0.2, 0.25) is 0 Å². The maximum Gasteiger partial charge on any atom is 0.124 e. The summed E-state index contributed by atoms with van der Waals surface area (Å²) in [6.07, 6.45) is 0. The largest absolute Gasteiger partial charge is 0.507 e. The second-order valence-corrected chi connectivity index (χ2v) is 16.1. The van der Waals surface area contributed by atoms with Gasteiger partial charge in [-0.25, -0.2) is 0 Å². The van der Waals surface area contributed by atoms with Gasteiger partial charge in [0.15, 0.2) is 0 Å². The van der Waals surface area contributed by atoms with Gasteiger partial charge < -0.3 is 5.11 Å². The Morgan fingerprint density at radius 1 is 0.491 bits per heavy atom. The molecular weight excluding hydrogens is 896 g/mol. The van der Waals surface area contributed by atoms with Crippen LogP contribution in [0.25, 0.3) is 87.7 Å². The van der Waals surface area contributed by atoms with Gasteiger partial charge in [-0.1, -0.05) is 140 Å². The Kier molecular flexibility index (Phi) is 9.36. The quantitative estimate of drug-likeness (QED) is 0.169. The van der Waals surface area contributed by atoms with E-state index >= 15 is 0 Å². The van der Waals surface area contributed by atoms with E-state index in [0.717, 1.165) is 44.9 Å². The van der Waals surface area contributed by atoms with Crippen molar-refractivity contribution in [3.8, 4) is 82.7 Å². The Morgan fingerprint density at radius 3 is 1.84 bits per heavy atom. The molecule has 0 aliphatic heterocycles. The summed E-state index contributed by atoms with van der Waals surface area (Å²) in [5.41, 5.74) is 15.6. The number of thiophene rings is 1. The number of hydrogen-bond donors (Lipinski definition) is 1. The zero-order chi connectivity index (χ0) is 38.0. The zero-order valence-corrected chi connectivity index (χ0v) is 34.7. The second-order valence-electron chi connectivity index (χ2n) is 15.1. The van der Waals surface area contributed by atoms with Crippen molar-refractivity contribution in [2.24, 2.45) is 0 Å². The molecule has 0 fully saturated rings. The van der Waals surface area contributed by atoms with Crippen molar-refractivity contribution < 1.29 is 26.2 Å². The first kappa shape index (κ1) is 36.7. The molecule has 1 aliphatic carbocycles. The summed E-state index contributed by atoms with van der Waals surface area (Å²) in [5, 5.41) is 13.3. The van der Waals surface area contributed by atoms with E-state index in [2.05, 4.69) is 130 Å². The molecule has 0 amide bonds. The van der Waals surface area contributed by atoms with Gasteiger partial charge >= 0.3 is 0 Å². The molecule has 0 radical (unpaired) electrons. The monoisotopic (exact) mass is 932 g/mol. The minimum Gasteiger partial charge on any atom is -0.507 e. The van der Waals surface area contributed by atoms with Crippen LogP contribution in [-0.2, 0) is 26.5 Å². The van der Waals surface area contributed by atoms with Gasteiger partial charge in [0.05, 0.1) is 5.69 Å². The first-order valence-corrected chi connectivity index (χ1v) is 19.8. The van der Waals surface area contributed by atoms with E-state index in [0.29, 0.717) is 11.3 Å². The summed E-state index contributed by atoms with van der Waals surface area (Å²) in [6.45, 7) is 6.75. The number of benzene rings is 6. The molecule has 5 heteroatoms. The maximum atomic E-state index is 10.8. The van der Waals surface area contributed by atoms with Crippen LogP contribution in [0.4, 0.5) is 0 Å². The standard InChI is InChI=1S/C52H37N2OS.Pt/c1-32-26-38(51-42-20-8-7-19-41(42)50(56-51)36-24-25-40-39-18-9-11-22-44(39)52(2,3)45(40)28-36)31-46(53-32)34-16-13-17-35(27-34)47-29-37(33-14-5-4-6-15-33)30-48(54-47)43-21-10-12-23-49(43)55;/h4-26,28-31,55H,1-3H3;/q-1;. The van der Waals surface area contributed by atoms with E-state index in [4.69, 9.17) is 9.97 Å². The van der Waals surface area contributed by atoms with E-state index in [-0.39, 0.29) is 32.2 Å². The molecule has 1 N–H and O–H groups in total. The predicted octanol–water partition coefficient (Wildman–Crippen LogP) is 13.8. The molecule has 57 heavy (non-hydrogen) atoms. The Morgan fingerprint density at radius 2 is 1.09 bits per heavy atom. The number of aromatic nitrogens is 2. The van der Waals surface area contributed by atoms with Gasteiger partial charge in [-0.15, -0.1) is 35.6 Å². The summed E-state index contributed by atoms with van der Waals surface area (Å²) in [5.74, 6) is 0.195. The predicted molar refractivity (Wildman–Crippen MR) is 233 cm³/mol. The summed E-state index contributed by atoms with van der Waals surface area (Å²) < 4.78 is 0. The van der Waals surface area contributed by atoms with Gasteiger partial charge in [-0.2, -0.15) is 0 Å². The molecular formula is C52H37N2OPtS-. The minimum absolute atomic E-state index is 0. The van der Waals surface area contributed by atoms with Gasteiger partial charge in [0.2, 0.25) is 0 Å². The summed E-state index contributed by atoms with van der Waals surface area (Å²) in [7, 11) is 0. The van der Waals surface area contributed by atoms with Crippen LogP contribution in [0.5, 0.6) is 5.75 Å². The van der Waals surface area contributed by atoms with Crippen LogP contribution < -0.4 is 0 Å². The second kappa shape index (κ2) is 14.5. The topological polar surface area (TPSA) is 46.0 Å². The van der Waals surface area contributed by atoms with Crippen LogP contribution in [0.15, 0.2) is 164 Å². The van der Waals surface area contributed by atoms with Gasteiger partial charge in [-0.3, -0.25) is 9.97 Å². The Labute approximate surface area is 351 Å². The zero-order valence-electron chi connectivity index (χ0n) is 31.7. The number of phenolic OH excluding ortho intramolecular Hbond substituents is 1. The number of phenols is 1. The van der Waals surface area contributed by atoms with Crippen molar-refractivity contribution in [2.75, 3.05) is 0 Å². The third-order valence-electron chi connectivity index (χ3n) is 11.1. The molecule has 1 aliphatic rings. The van der Waals surface area contributed by atoms with Gasteiger partial charge in [-0.05, 0) is 81.8 Å². The number of hydrogen-bond acceptors (Lipinski definition) is 4. The molecule has 3 aromatic heterocycles. The van der Waals surface area contributed by atoms with E-state index < -0.39 is 0 Å². The minimum atomic E-state index is -0.0662.